The van der Waals surface area contributed by atoms with Crippen LogP contribution in [0.5, 0.6) is 0 Å². The third-order valence-corrected chi connectivity index (χ3v) is 5.57. The minimum Gasteiger partial charge on any atom is -0.382 e. The molecule has 2 N–H and O–H groups in total. The second-order valence-electron chi connectivity index (χ2n) is 7.99. The first-order valence-electron chi connectivity index (χ1n) is 10.6. The van der Waals surface area contributed by atoms with E-state index >= 15 is 0 Å². The molecule has 0 aliphatic carbocycles. The zero-order valence-electron chi connectivity index (χ0n) is 18.6. The average Bonchev–Trinajstić information content (AvgIpc) is 3.38. The van der Waals surface area contributed by atoms with Gasteiger partial charge in [0.1, 0.15) is 12.4 Å². The molecule has 0 aliphatic heterocycles. The van der Waals surface area contributed by atoms with E-state index in [-0.39, 0.29) is 41.6 Å². The maximum Gasteiger partial charge on any atom is 0.416 e. The molecular formula is C22H17ClF6N6O2. The van der Waals surface area contributed by atoms with Crippen molar-refractivity contribution < 1.29 is 31.4 Å². The highest BCUT2D eigenvalue weighted by Crippen LogP contribution is 2.32. The number of rotatable bonds is 7. The zero-order valence-corrected chi connectivity index (χ0v) is 19.3. The predicted molar refractivity (Wildman–Crippen MR) is 119 cm³/mol. The fourth-order valence-electron chi connectivity index (χ4n) is 3.56. The van der Waals surface area contributed by atoms with Gasteiger partial charge in [-0.2, -0.15) is 26.3 Å². The number of aromatic nitrogens is 6. The number of H-pyrrole nitrogens is 1. The molecule has 4 aromatic rings. The second-order valence-corrected chi connectivity index (χ2v) is 8.43. The molecule has 0 saturated heterocycles. The van der Waals surface area contributed by atoms with Crippen LogP contribution in [0.1, 0.15) is 22.8 Å². The minimum atomic E-state index is -4.98. The van der Waals surface area contributed by atoms with Gasteiger partial charge in [-0.25, -0.2) is 9.48 Å². The molecule has 0 radical (unpaired) electrons. The zero-order chi connectivity index (χ0) is 27.0. The summed E-state index contributed by atoms with van der Waals surface area (Å²) in [7, 11) is 0. The third kappa shape index (κ3) is 6.02. The molecule has 1 atom stereocenters. The highest BCUT2D eigenvalue weighted by atomic mass is 35.5. The minimum absolute atomic E-state index is 0.0327. The Morgan fingerprint density at radius 3 is 2.27 bits per heavy atom. The first-order chi connectivity index (χ1) is 17.3. The summed E-state index contributed by atoms with van der Waals surface area (Å²) in [5.74, 6) is -0.0568. The summed E-state index contributed by atoms with van der Waals surface area (Å²) in [5.41, 5.74) is -1.60. The van der Waals surface area contributed by atoms with Gasteiger partial charge in [0.2, 0.25) is 0 Å². The lowest BCUT2D eigenvalue weighted by Gasteiger charge is -2.15. The van der Waals surface area contributed by atoms with Crippen LogP contribution in [0.4, 0.5) is 26.3 Å². The number of hydrogen-bond donors (Lipinski definition) is 2. The quantitative estimate of drug-likeness (QED) is 0.340. The standard InChI is InChI=1S/C22H17ClF6N6O2/c23-14-7-5-12(6-8-14)19-33-35(20(37)34(19)10-16(36)22(27,28)29)11-18-30-17(31-32-18)9-13-3-1-2-4-15(13)21(24,25)26/h1-8,16,36H,9-11H2,(H,30,31,32)/t16-/m0/s1. The number of benzene rings is 2. The lowest BCUT2D eigenvalue weighted by atomic mass is 10.0. The van der Waals surface area contributed by atoms with Gasteiger partial charge in [-0.1, -0.05) is 29.8 Å². The molecule has 2 aromatic carbocycles. The van der Waals surface area contributed by atoms with Crippen LogP contribution in [0.3, 0.4) is 0 Å². The Balaban J connectivity index is 1.63. The molecule has 0 spiro atoms. The number of aliphatic hydroxyl groups is 1. The van der Waals surface area contributed by atoms with Crippen molar-refractivity contribution >= 4 is 11.6 Å². The summed E-state index contributed by atoms with van der Waals surface area (Å²) in [5, 5.41) is 21.6. The van der Waals surface area contributed by atoms with E-state index in [1.807, 2.05) is 0 Å². The molecule has 0 fully saturated rings. The Morgan fingerprint density at radius 1 is 0.973 bits per heavy atom. The van der Waals surface area contributed by atoms with Crippen LogP contribution in [0.25, 0.3) is 11.4 Å². The van der Waals surface area contributed by atoms with E-state index in [4.69, 9.17) is 11.6 Å². The SMILES string of the molecule is O=c1n(Cc2nnc(Cc3ccccc3C(F)(F)F)[nH]2)nc(-c2ccc(Cl)cc2)n1C[C@H](O)C(F)(F)F. The van der Waals surface area contributed by atoms with Gasteiger partial charge >= 0.3 is 18.0 Å². The van der Waals surface area contributed by atoms with Crippen LogP contribution in [0, 0.1) is 0 Å². The van der Waals surface area contributed by atoms with Crippen LogP contribution in [0.15, 0.2) is 53.3 Å². The Hall–Kier alpha value is -3.65. The van der Waals surface area contributed by atoms with Gasteiger partial charge in [0.25, 0.3) is 0 Å². The summed E-state index contributed by atoms with van der Waals surface area (Å²) >= 11 is 5.86. The first kappa shape index (κ1) is 26.4. The van der Waals surface area contributed by atoms with Crippen molar-refractivity contribution in [1.82, 2.24) is 29.5 Å². The number of aromatic amines is 1. The molecule has 196 valence electrons. The van der Waals surface area contributed by atoms with E-state index < -0.39 is 36.3 Å². The summed E-state index contributed by atoms with van der Waals surface area (Å²) < 4.78 is 80.2. The number of aliphatic hydroxyl groups excluding tert-OH is 1. The Labute approximate surface area is 209 Å². The molecule has 8 nitrogen and oxygen atoms in total. The van der Waals surface area contributed by atoms with Crippen LogP contribution in [-0.2, 0) is 25.7 Å². The van der Waals surface area contributed by atoms with E-state index in [0.29, 0.717) is 9.59 Å². The number of hydrogen-bond acceptors (Lipinski definition) is 5. The van der Waals surface area contributed by atoms with Crippen molar-refractivity contribution in [2.45, 2.75) is 38.0 Å². The fourth-order valence-corrected chi connectivity index (χ4v) is 3.68. The van der Waals surface area contributed by atoms with E-state index in [2.05, 4.69) is 20.3 Å². The van der Waals surface area contributed by atoms with Crippen LogP contribution in [0.2, 0.25) is 5.02 Å². The molecule has 4 rings (SSSR count). The summed E-state index contributed by atoms with van der Waals surface area (Å²) in [6.45, 7) is -1.49. The van der Waals surface area contributed by atoms with Gasteiger partial charge in [0, 0.05) is 17.0 Å². The molecule has 2 heterocycles. The molecule has 37 heavy (non-hydrogen) atoms. The van der Waals surface area contributed by atoms with Gasteiger partial charge in [0.05, 0.1) is 12.1 Å². The van der Waals surface area contributed by atoms with Gasteiger partial charge in [-0.05, 0) is 35.9 Å². The van der Waals surface area contributed by atoms with Crippen LogP contribution < -0.4 is 5.69 Å². The number of nitrogens with one attached hydrogen (secondary N) is 1. The number of halogens is 7. The van der Waals surface area contributed by atoms with E-state index in [9.17, 15) is 36.2 Å². The molecule has 0 unspecified atom stereocenters. The molecule has 2 aromatic heterocycles. The normalized spacial score (nSPS) is 13.2. The molecule has 15 heteroatoms. The summed E-state index contributed by atoms with van der Waals surface area (Å²) in [4.78, 5) is 15.6. The van der Waals surface area contributed by atoms with Gasteiger partial charge in [0.15, 0.2) is 17.8 Å². The lowest BCUT2D eigenvalue weighted by molar-refractivity contribution is -0.207. The number of alkyl halides is 6. The largest absolute Gasteiger partial charge is 0.416 e. The van der Waals surface area contributed by atoms with Gasteiger partial charge < -0.3 is 10.1 Å². The van der Waals surface area contributed by atoms with Crippen molar-refractivity contribution in [1.29, 1.82) is 0 Å². The predicted octanol–water partition coefficient (Wildman–Crippen LogP) is 4.06. The summed E-state index contributed by atoms with van der Waals surface area (Å²) in [6.07, 6.45) is -12.6. The van der Waals surface area contributed by atoms with Crippen molar-refractivity contribution in [2.24, 2.45) is 0 Å². The topological polar surface area (TPSA) is 102 Å². The molecule has 0 amide bonds. The lowest BCUT2D eigenvalue weighted by Crippen LogP contribution is -2.37. The Morgan fingerprint density at radius 2 is 1.62 bits per heavy atom. The third-order valence-electron chi connectivity index (χ3n) is 5.32. The maximum atomic E-state index is 13.3. The Bertz CT molecular complexity index is 1440. The Kier molecular flexibility index (Phi) is 7.15. The van der Waals surface area contributed by atoms with Gasteiger partial charge in [-0.15, -0.1) is 15.3 Å². The van der Waals surface area contributed by atoms with Crippen LogP contribution >= 0.6 is 11.6 Å². The smallest absolute Gasteiger partial charge is 0.382 e. The van der Waals surface area contributed by atoms with E-state index in [1.54, 1.807) is 0 Å². The van der Waals surface area contributed by atoms with Crippen LogP contribution in [-0.4, -0.2) is 46.9 Å². The van der Waals surface area contributed by atoms with Crippen molar-refractivity contribution in [3.05, 3.63) is 86.8 Å². The first-order valence-corrected chi connectivity index (χ1v) is 10.9. The number of nitrogens with zero attached hydrogens (tertiary/aromatic N) is 5. The highest BCUT2D eigenvalue weighted by molar-refractivity contribution is 6.30. The molecular weight excluding hydrogens is 530 g/mol. The monoisotopic (exact) mass is 546 g/mol. The average molecular weight is 547 g/mol. The molecule has 0 bridgehead atoms. The molecule has 0 saturated carbocycles. The van der Waals surface area contributed by atoms with Crippen molar-refractivity contribution in [3.8, 4) is 11.4 Å². The van der Waals surface area contributed by atoms with E-state index in [1.165, 1.54) is 42.5 Å². The van der Waals surface area contributed by atoms with Crippen molar-refractivity contribution in [3.63, 3.8) is 0 Å². The highest BCUT2D eigenvalue weighted by Gasteiger charge is 2.39. The summed E-state index contributed by atoms with van der Waals surface area (Å²) in [6, 6.07) is 10.7. The fraction of sp³-hybridized carbons (Fsp3) is 0.273. The van der Waals surface area contributed by atoms with Crippen molar-refractivity contribution in [2.75, 3.05) is 0 Å². The van der Waals surface area contributed by atoms with E-state index in [0.717, 1.165) is 10.7 Å². The molecule has 0 aliphatic rings. The second kappa shape index (κ2) is 10.0. The van der Waals surface area contributed by atoms with Gasteiger partial charge in [-0.3, -0.25) is 4.57 Å². The maximum absolute atomic E-state index is 13.3.